The quantitative estimate of drug-likeness (QED) is 0.307. The molecule has 1 aromatic carbocycles. The molecule has 2 nitrogen and oxygen atoms in total. The Morgan fingerprint density at radius 3 is 2.34 bits per heavy atom. The lowest BCUT2D eigenvalue weighted by Crippen LogP contribution is -2.55. The van der Waals surface area contributed by atoms with E-state index in [2.05, 4.69) is 31.3 Å². The number of halogens is 1. The highest BCUT2D eigenvalue weighted by atomic mass is 35.5. The molecule has 1 saturated carbocycles. The Balaban J connectivity index is 0.00000184. The third-order valence-electron chi connectivity index (χ3n) is 5.76. The molecular weight excluding hydrogens is 375 g/mol. The summed E-state index contributed by atoms with van der Waals surface area (Å²) >= 11 is 6.14. The summed E-state index contributed by atoms with van der Waals surface area (Å²) in [6.45, 7) is 13.5. The number of nitrogens with two attached hydrogens (primary N) is 1. The fourth-order valence-corrected chi connectivity index (χ4v) is 4.12. The number of aryl methyl sites for hydroxylation is 1. The van der Waals surface area contributed by atoms with Crippen LogP contribution in [0.3, 0.4) is 0 Å². The van der Waals surface area contributed by atoms with Crippen LogP contribution in [-0.4, -0.2) is 26.0 Å². The van der Waals surface area contributed by atoms with Crippen molar-refractivity contribution in [3.8, 4) is 0 Å². The van der Waals surface area contributed by atoms with Gasteiger partial charge in [0.2, 0.25) is 0 Å². The average molecular weight is 421 g/mol. The highest BCUT2D eigenvalue weighted by Crippen LogP contribution is 2.37. The van der Waals surface area contributed by atoms with Crippen molar-refractivity contribution in [2.45, 2.75) is 111 Å². The molecule has 1 aliphatic carbocycles. The summed E-state index contributed by atoms with van der Waals surface area (Å²) in [6.07, 6.45) is 9.85. The second-order valence-corrected chi connectivity index (χ2v) is 8.42. The fraction of sp³-hybridized carbons (Fsp3) is 0.760. The molecule has 166 valence electrons. The second-order valence-electron chi connectivity index (χ2n) is 7.98. The van der Waals surface area contributed by atoms with Gasteiger partial charge in [0.1, 0.15) is 0 Å². The largest absolute Gasteiger partial charge is 0.325 e. The van der Waals surface area contributed by atoms with Gasteiger partial charge in [0.15, 0.2) is 0 Å². The standard InChI is InChI=1S/C21H34BClN2.2C2H6/c1-3-6-17-13-19(23)8-7-16(17)9-12-25-20-14-18(15-20)21(2,24)10-4-5-11-22;2*1-2/h7-8,13,18,20,25H,3-6,9-12,14-15,24H2,1-2H3;2*1-2H3. The van der Waals surface area contributed by atoms with Gasteiger partial charge in [-0.2, -0.15) is 0 Å². The van der Waals surface area contributed by atoms with Crippen LogP contribution in [0.25, 0.3) is 0 Å². The number of rotatable bonds is 11. The van der Waals surface area contributed by atoms with Gasteiger partial charge < -0.3 is 11.1 Å². The highest BCUT2D eigenvalue weighted by molar-refractivity contribution is 6.30. The molecule has 1 unspecified atom stereocenters. The number of nitrogens with one attached hydrogen (secondary N) is 1. The summed E-state index contributed by atoms with van der Waals surface area (Å²) < 4.78 is 0. The molecule has 0 heterocycles. The molecule has 3 N–H and O–H groups in total. The normalized spacial score (nSPS) is 19.7. The van der Waals surface area contributed by atoms with E-state index in [1.54, 1.807) is 0 Å². The summed E-state index contributed by atoms with van der Waals surface area (Å²) in [5.74, 6) is 0.647. The van der Waals surface area contributed by atoms with Crippen molar-refractivity contribution >= 4 is 19.4 Å². The molecule has 0 bridgehead atoms. The molecule has 0 spiro atoms. The molecule has 4 heteroatoms. The predicted octanol–water partition coefficient (Wildman–Crippen LogP) is 6.73. The monoisotopic (exact) mass is 420 g/mol. The molecule has 0 amide bonds. The highest BCUT2D eigenvalue weighted by Gasteiger charge is 2.39. The Kier molecular flexibility index (Phi) is 15.9. The first-order valence-electron chi connectivity index (χ1n) is 12.0. The third kappa shape index (κ3) is 10.4. The minimum atomic E-state index is -0.0299. The Morgan fingerprint density at radius 2 is 1.76 bits per heavy atom. The Morgan fingerprint density at radius 1 is 1.10 bits per heavy atom. The van der Waals surface area contributed by atoms with E-state index >= 15 is 0 Å². The van der Waals surface area contributed by atoms with E-state index in [4.69, 9.17) is 25.2 Å². The summed E-state index contributed by atoms with van der Waals surface area (Å²) in [4.78, 5) is 0. The van der Waals surface area contributed by atoms with Gasteiger partial charge in [-0.05, 0) is 74.8 Å². The van der Waals surface area contributed by atoms with E-state index in [0.29, 0.717) is 12.0 Å². The van der Waals surface area contributed by atoms with Crippen LogP contribution < -0.4 is 11.1 Å². The van der Waals surface area contributed by atoms with Crippen LogP contribution in [-0.2, 0) is 12.8 Å². The van der Waals surface area contributed by atoms with E-state index in [9.17, 15) is 0 Å². The topological polar surface area (TPSA) is 38.0 Å². The SMILES string of the molecule is CC.CC.[B]CCCCC(C)(N)C1CC(NCCc2ccc(Cl)cc2CCC)C1. The van der Waals surface area contributed by atoms with Crippen LogP contribution >= 0.6 is 11.6 Å². The van der Waals surface area contributed by atoms with Crippen molar-refractivity contribution in [1.29, 1.82) is 0 Å². The molecular formula is C25H46BClN2. The minimum absolute atomic E-state index is 0.0299. The van der Waals surface area contributed by atoms with E-state index in [1.807, 2.05) is 33.8 Å². The van der Waals surface area contributed by atoms with Crippen LogP contribution in [0.1, 0.15) is 91.2 Å². The second kappa shape index (κ2) is 16.2. The van der Waals surface area contributed by atoms with Crippen molar-refractivity contribution in [3.05, 3.63) is 34.3 Å². The minimum Gasteiger partial charge on any atom is -0.325 e. The lowest BCUT2D eigenvalue weighted by atomic mass is 9.67. The van der Waals surface area contributed by atoms with Gasteiger partial charge in [-0.1, -0.05) is 77.9 Å². The van der Waals surface area contributed by atoms with E-state index < -0.39 is 0 Å². The maximum Gasteiger partial charge on any atom is 0.0653 e. The molecule has 0 aliphatic heterocycles. The van der Waals surface area contributed by atoms with Crippen molar-refractivity contribution in [1.82, 2.24) is 5.32 Å². The van der Waals surface area contributed by atoms with Crippen LogP contribution in [0.5, 0.6) is 0 Å². The molecule has 2 radical (unpaired) electrons. The van der Waals surface area contributed by atoms with Gasteiger partial charge in [-0.3, -0.25) is 0 Å². The fourth-order valence-electron chi connectivity index (χ4n) is 3.93. The van der Waals surface area contributed by atoms with Gasteiger partial charge in [0.25, 0.3) is 0 Å². The van der Waals surface area contributed by atoms with Crippen LogP contribution in [0.2, 0.25) is 11.3 Å². The van der Waals surface area contributed by atoms with Crippen LogP contribution in [0.15, 0.2) is 18.2 Å². The van der Waals surface area contributed by atoms with Gasteiger partial charge >= 0.3 is 0 Å². The number of benzene rings is 1. The molecule has 0 saturated heterocycles. The Hall–Kier alpha value is -0.505. The molecule has 1 aliphatic rings. The van der Waals surface area contributed by atoms with Crippen molar-refractivity contribution in [3.63, 3.8) is 0 Å². The maximum absolute atomic E-state index is 6.53. The lowest BCUT2D eigenvalue weighted by molar-refractivity contribution is 0.124. The summed E-state index contributed by atoms with van der Waals surface area (Å²) in [5.41, 5.74) is 9.33. The molecule has 29 heavy (non-hydrogen) atoms. The van der Waals surface area contributed by atoms with Gasteiger partial charge in [-0.15, -0.1) is 0 Å². The van der Waals surface area contributed by atoms with Gasteiger partial charge in [-0.25, -0.2) is 0 Å². The Labute approximate surface area is 188 Å². The molecule has 2 rings (SSSR count). The molecule has 0 aromatic heterocycles. The maximum atomic E-state index is 6.53. The lowest BCUT2D eigenvalue weighted by Gasteiger charge is -2.46. The summed E-state index contributed by atoms with van der Waals surface area (Å²) in [7, 11) is 5.58. The van der Waals surface area contributed by atoms with Crippen molar-refractivity contribution in [2.75, 3.05) is 6.54 Å². The van der Waals surface area contributed by atoms with Gasteiger partial charge in [0, 0.05) is 16.6 Å². The zero-order valence-electron chi connectivity index (χ0n) is 20.0. The van der Waals surface area contributed by atoms with Crippen LogP contribution in [0.4, 0.5) is 0 Å². The van der Waals surface area contributed by atoms with E-state index in [1.165, 1.54) is 24.0 Å². The third-order valence-corrected chi connectivity index (χ3v) is 5.99. The van der Waals surface area contributed by atoms with Crippen LogP contribution in [0, 0.1) is 5.92 Å². The van der Waals surface area contributed by atoms with E-state index in [-0.39, 0.29) is 5.54 Å². The molecule has 1 fully saturated rings. The predicted molar refractivity (Wildman–Crippen MR) is 133 cm³/mol. The molecule has 1 atom stereocenters. The Bertz CT molecular complexity index is 528. The first-order valence-corrected chi connectivity index (χ1v) is 12.3. The zero-order valence-corrected chi connectivity index (χ0v) is 20.7. The smallest absolute Gasteiger partial charge is 0.0653 e. The number of hydrogen-bond acceptors (Lipinski definition) is 2. The van der Waals surface area contributed by atoms with Crippen molar-refractivity contribution < 1.29 is 0 Å². The summed E-state index contributed by atoms with van der Waals surface area (Å²) in [6, 6.07) is 6.95. The van der Waals surface area contributed by atoms with Gasteiger partial charge in [0.05, 0.1) is 7.85 Å². The average Bonchev–Trinajstić information content (AvgIpc) is 2.68. The van der Waals surface area contributed by atoms with Crippen molar-refractivity contribution in [2.24, 2.45) is 11.7 Å². The zero-order chi connectivity index (χ0) is 22.3. The first kappa shape index (κ1) is 28.5. The van der Waals surface area contributed by atoms with E-state index in [0.717, 1.165) is 56.4 Å². The number of unbranched alkanes of at least 4 members (excludes halogenated alkanes) is 1. The number of hydrogen-bond donors (Lipinski definition) is 2. The summed E-state index contributed by atoms with van der Waals surface area (Å²) in [5, 5.41) is 4.56. The first-order chi connectivity index (χ1) is 14.0. The molecule has 1 aromatic rings.